The molecule has 0 bridgehead atoms. The van der Waals surface area contributed by atoms with E-state index in [4.69, 9.17) is 27.9 Å². The van der Waals surface area contributed by atoms with Crippen LogP contribution < -0.4 is 0 Å². The summed E-state index contributed by atoms with van der Waals surface area (Å²) in [4.78, 5) is 13.7. The minimum absolute atomic E-state index is 0.114. The van der Waals surface area contributed by atoms with Crippen molar-refractivity contribution < 1.29 is 14.6 Å². The molecule has 1 fully saturated rings. The molecular formula is C14H15Cl2NO3. The van der Waals surface area contributed by atoms with Gasteiger partial charge in [-0.1, -0.05) is 23.2 Å². The number of ether oxygens (including phenoxy) is 1. The fourth-order valence-corrected chi connectivity index (χ4v) is 2.36. The summed E-state index contributed by atoms with van der Waals surface area (Å²) < 4.78 is 5.23. The van der Waals surface area contributed by atoms with Crippen LogP contribution in [0.4, 0.5) is 0 Å². The van der Waals surface area contributed by atoms with Gasteiger partial charge in [0.2, 0.25) is 5.91 Å². The second kappa shape index (κ2) is 7.09. The minimum atomic E-state index is -0.296. The van der Waals surface area contributed by atoms with Crippen LogP contribution >= 0.6 is 23.2 Å². The maximum absolute atomic E-state index is 12.1. The maximum atomic E-state index is 12.1. The van der Waals surface area contributed by atoms with E-state index in [1.54, 1.807) is 29.2 Å². The number of nitrogens with zero attached hydrogens (tertiary/aromatic N) is 1. The Morgan fingerprint density at radius 2 is 2.30 bits per heavy atom. The van der Waals surface area contributed by atoms with Gasteiger partial charge >= 0.3 is 0 Å². The van der Waals surface area contributed by atoms with Crippen LogP contribution in [0.3, 0.4) is 0 Å². The average Bonchev–Trinajstić information content (AvgIpc) is 2.47. The molecule has 1 saturated heterocycles. The first-order valence-corrected chi connectivity index (χ1v) is 6.99. The van der Waals surface area contributed by atoms with Crippen LogP contribution in [0.15, 0.2) is 24.3 Å². The van der Waals surface area contributed by atoms with Crippen LogP contribution in [0.5, 0.6) is 0 Å². The molecule has 0 radical (unpaired) electrons. The monoisotopic (exact) mass is 315 g/mol. The van der Waals surface area contributed by atoms with Gasteiger partial charge in [0.05, 0.1) is 25.9 Å². The predicted octanol–water partition coefficient (Wildman–Crippen LogP) is 2.23. The van der Waals surface area contributed by atoms with Crippen LogP contribution in [0.25, 0.3) is 6.08 Å². The Hall–Kier alpha value is -1.07. The van der Waals surface area contributed by atoms with Crippen LogP contribution in [-0.2, 0) is 9.53 Å². The van der Waals surface area contributed by atoms with Gasteiger partial charge in [-0.15, -0.1) is 0 Å². The fourth-order valence-electron chi connectivity index (χ4n) is 2.00. The van der Waals surface area contributed by atoms with E-state index in [2.05, 4.69) is 0 Å². The summed E-state index contributed by atoms with van der Waals surface area (Å²) >= 11 is 11.9. The summed E-state index contributed by atoms with van der Waals surface area (Å²) in [7, 11) is 0. The number of morpholine rings is 1. The third kappa shape index (κ3) is 3.73. The molecule has 0 spiro atoms. The van der Waals surface area contributed by atoms with Crippen molar-refractivity contribution in [2.45, 2.75) is 6.04 Å². The van der Waals surface area contributed by atoms with Crippen LogP contribution in [0.2, 0.25) is 10.0 Å². The van der Waals surface area contributed by atoms with Gasteiger partial charge < -0.3 is 14.7 Å². The van der Waals surface area contributed by atoms with Gasteiger partial charge in [0.25, 0.3) is 0 Å². The lowest BCUT2D eigenvalue weighted by molar-refractivity contribution is -0.136. The highest BCUT2D eigenvalue weighted by Crippen LogP contribution is 2.22. The van der Waals surface area contributed by atoms with Crippen molar-refractivity contribution in [3.05, 3.63) is 39.9 Å². The number of amides is 1. The zero-order valence-electron chi connectivity index (χ0n) is 10.8. The molecule has 6 heteroatoms. The molecule has 1 N–H and O–H groups in total. The first-order chi connectivity index (χ1) is 9.61. The summed E-state index contributed by atoms with van der Waals surface area (Å²) in [6.45, 7) is 1.19. The fraction of sp³-hybridized carbons (Fsp3) is 0.357. The summed E-state index contributed by atoms with van der Waals surface area (Å²) in [6.07, 6.45) is 3.06. The van der Waals surface area contributed by atoms with Gasteiger partial charge in [-0.05, 0) is 29.8 Å². The highest BCUT2D eigenvalue weighted by molar-refractivity contribution is 6.34. The van der Waals surface area contributed by atoms with Gasteiger partial charge in [0, 0.05) is 22.7 Å². The van der Waals surface area contributed by atoms with Crippen molar-refractivity contribution in [1.29, 1.82) is 0 Å². The highest BCUT2D eigenvalue weighted by Gasteiger charge is 2.25. The first-order valence-electron chi connectivity index (χ1n) is 6.24. The molecule has 1 aliphatic heterocycles. The number of hydrogen-bond acceptors (Lipinski definition) is 3. The molecule has 20 heavy (non-hydrogen) atoms. The molecule has 1 unspecified atom stereocenters. The average molecular weight is 316 g/mol. The van der Waals surface area contributed by atoms with Crippen LogP contribution in [0.1, 0.15) is 5.56 Å². The second-order valence-electron chi connectivity index (χ2n) is 4.44. The molecular weight excluding hydrogens is 301 g/mol. The molecule has 4 nitrogen and oxygen atoms in total. The normalized spacial score (nSPS) is 19.6. The minimum Gasteiger partial charge on any atom is -0.394 e. The van der Waals surface area contributed by atoms with Crippen molar-refractivity contribution in [2.75, 3.05) is 26.4 Å². The van der Waals surface area contributed by atoms with Gasteiger partial charge in [0.1, 0.15) is 0 Å². The van der Waals surface area contributed by atoms with Gasteiger partial charge in [-0.2, -0.15) is 0 Å². The topological polar surface area (TPSA) is 49.8 Å². The molecule has 1 amide bonds. The molecule has 1 aromatic carbocycles. The van der Waals surface area contributed by atoms with E-state index in [9.17, 15) is 9.90 Å². The number of rotatable bonds is 3. The quantitative estimate of drug-likeness (QED) is 0.870. The largest absolute Gasteiger partial charge is 0.394 e. The highest BCUT2D eigenvalue weighted by atomic mass is 35.5. The summed E-state index contributed by atoms with van der Waals surface area (Å²) in [5.41, 5.74) is 0.682. The molecule has 0 saturated carbocycles. The zero-order valence-corrected chi connectivity index (χ0v) is 12.3. The molecule has 0 aliphatic carbocycles. The predicted molar refractivity (Wildman–Crippen MR) is 78.9 cm³/mol. The van der Waals surface area contributed by atoms with Crippen molar-refractivity contribution in [3.8, 4) is 0 Å². The lowest BCUT2D eigenvalue weighted by Crippen LogP contribution is -2.49. The van der Waals surface area contributed by atoms with Crippen LogP contribution in [0, 0.1) is 0 Å². The smallest absolute Gasteiger partial charge is 0.247 e. The van der Waals surface area contributed by atoms with Crippen LogP contribution in [-0.4, -0.2) is 48.3 Å². The molecule has 2 rings (SSSR count). The Morgan fingerprint density at radius 3 is 3.05 bits per heavy atom. The standard InChI is InChI=1S/C14H15Cl2NO3/c15-11-2-3-13(16)10(7-11)1-4-14(19)17-5-6-20-9-12(17)8-18/h1-4,7,12,18H,5-6,8-9H2/b4-1+. The molecule has 0 aromatic heterocycles. The third-order valence-corrected chi connectivity index (χ3v) is 3.66. The number of benzene rings is 1. The van der Waals surface area contributed by atoms with Gasteiger partial charge in [-0.25, -0.2) is 0 Å². The number of halogens is 2. The van der Waals surface area contributed by atoms with Crippen molar-refractivity contribution >= 4 is 35.2 Å². The Labute approximate surface area is 127 Å². The number of hydrogen-bond donors (Lipinski definition) is 1. The van der Waals surface area contributed by atoms with E-state index in [1.165, 1.54) is 6.08 Å². The zero-order chi connectivity index (χ0) is 14.5. The van der Waals surface area contributed by atoms with Gasteiger partial charge in [0.15, 0.2) is 0 Å². The number of carbonyl (C=O) groups excluding carboxylic acids is 1. The Morgan fingerprint density at radius 1 is 1.50 bits per heavy atom. The molecule has 1 aliphatic rings. The number of carbonyl (C=O) groups is 1. The van der Waals surface area contributed by atoms with Crippen molar-refractivity contribution in [1.82, 2.24) is 4.90 Å². The van der Waals surface area contributed by atoms with Crippen molar-refractivity contribution in [2.24, 2.45) is 0 Å². The Bertz CT molecular complexity index is 519. The molecule has 1 aromatic rings. The summed E-state index contributed by atoms with van der Waals surface area (Å²) in [5.74, 6) is -0.177. The second-order valence-corrected chi connectivity index (χ2v) is 5.29. The Kier molecular flexibility index (Phi) is 5.43. The first kappa shape index (κ1) is 15.3. The Balaban J connectivity index is 2.10. The maximum Gasteiger partial charge on any atom is 0.247 e. The SMILES string of the molecule is O=C(/C=C/c1cc(Cl)ccc1Cl)N1CCOCC1CO. The van der Waals surface area contributed by atoms with E-state index < -0.39 is 0 Å². The van der Waals surface area contributed by atoms with E-state index >= 15 is 0 Å². The van der Waals surface area contributed by atoms with Gasteiger partial charge in [-0.3, -0.25) is 4.79 Å². The van der Waals surface area contributed by atoms with E-state index in [1.807, 2.05) is 0 Å². The lowest BCUT2D eigenvalue weighted by Gasteiger charge is -2.33. The molecule has 1 atom stereocenters. The van der Waals surface area contributed by atoms with Crippen molar-refractivity contribution in [3.63, 3.8) is 0 Å². The number of aliphatic hydroxyl groups is 1. The van der Waals surface area contributed by atoms with E-state index in [0.717, 1.165) is 0 Å². The molecule has 1 heterocycles. The third-order valence-electron chi connectivity index (χ3n) is 3.08. The van der Waals surface area contributed by atoms with E-state index in [0.29, 0.717) is 35.4 Å². The lowest BCUT2D eigenvalue weighted by atomic mass is 10.2. The summed E-state index contributed by atoms with van der Waals surface area (Å²) in [5, 5.41) is 10.3. The summed E-state index contributed by atoms with van der Waals surface area (Å²) in [6, 6.07) is 4.76. The molecule has 108 valence electrons. The van der Waals surface area contributed by atoms with E-state index in [-0.39, 0.29) is 18.6 Å². The number of aliphatic hydroxyl groups excluding tert-OH is 1.